The van der Waals surface area contributed by atoms with E-state index in [1.807, 2.05) is 13.8 Å². The summed E-state index contributed by atoms with van der Waals surface area (Å²) in [4.78, 5) is 17.1. The molecule has 1 heterocycles. The molecule has 1 unspecified atom stereocenters. The minimum Gasteiger partial charge on any atom is -0.351 e. The predicted octanol–water partition coefficient (Wildman–Crippen LogP) is 4.41. The van der Waals surface area contributed by atoms with Crippen LogP contribution in [0, 0.1) is 20.8 Å². The topological polar surface area (TPSA) is 46.9 Å². The molecule has 1 amide bonds. The normalized spacial score (nSPS) is 12.2. The fraction of sp³-hybridized carbons (Fsp3) is 0.500. The average Bonchev–Trinajstić information content (AvgIpc) is 2.86. The van der Waals surface area contributed by atoms with E-state index in [0.29, 0.717) is 6.54 Å². The molecule has 2 rings (SSSR count). The van der Waals surface area contributed by atoms with Crippen molar-refractivity contribution in [3.05, 3.63) is 46.8 Å². The lowest BCUT2D eigenvalue weighted by Gasteiger charge is -2.14. The number of nitrogens with one attached hydrogen (secondary N) is 1. The largest absolute Gasteiger partial charge is 0.351 e. The summed E-state index contributed by atoms with van der Waals surface area (Å²) in [5, 5.41) is 3.80. The number of amides is 1. The fourth-order valence-electron chi connectivity index (χ4n) is 2.54. The monoisotopic (exact) mass is 359 g/mol. The molecule has 0 radical (unpaired) electrons. The van der Waals surface area contributed by atoms with Gasteiger partial charge in [-0.15, -0.1) is 0 Å². The maximum atomic E-state index is 12.4. The Morgan fingerprint density at radius 3 is 2.56 bits per heavy atom. The minimum atomic E-state index is -0.174. The zero-order chi connectivity index (χ0) is 18.4. The Labute approximate surface area is 155 Å². The first-order valence-electron chi connectivity index (χ1n) is 8.96. The Hall–Kier alpha value is -1.75. The first-order valence-corrected chi connectivity index (χ1v) is 9.84. The number of thioether (sulfide) groups is 1. The highest BCUT2D eigenvalue weighted by Crippen LogP contribution is 2.26. The summed E-state index contributed by atoms with van der Waals surface area (Å²) >= 11 is 1.54. The van der Waals surface area contributed by atoms with Crippen LogP contribution in [-0.2, 0) is 17.9 Å². The van der Waals surface area contributed by atoms with Gasteiger partial charge in [0.25, 0.3) is 0 Å². The maximum Gasteiger partial charge on any atom is 0.233 e. The van der Waals surface area contributed by atoms with Crippen LogP contribution in [0.2, 0.25) is 0 Å². The lowest BCUT2D eigenvalue weighted by Crippen LogP contribution is -2.30. The van der Waals surface area contributed by atoms with Gasteiger partial charge in [0, 0.05) is 18.8 Å². The number of imidazole rings is 1. The molecule has 0 bridgehead atoms. The van der Waals surface area contributed by atoms with E-state index in [0.717, 1.165) is 35.8 Å². The van der Waals surface area contributed by atoms with E-state index in [-0.39, 0.29) is 11.2 Å². The van der Waals surface area contributed by atoms with Crippen molar-refractivity contribution in [3.63, 3.8) is 0 Å². The zero-order valence-corrected chi connectivity index (χ0v) is 16.7. The van der Waals surface area contributed by atoms with E-state index in [9.17, 15) is 4.79 Å². The Morgan fingerprint density at radius 2 is 1.92 bits per heavy atom. The van der Waals surface area contributed by atoms with Crippen molar-refractivity contribution in [2.24, 2.45) is 0 Å². The summed E-state index contributed by atoms with van der Waals surface area (Å²) in [6.07, 6.45) is 2.27. The number of rotatable bonds is 8. The van der Waals surface area contributed by atoms with Gasteiger partial charge in [-0.05, 0) is 39.7 Å². The molecular formula is C20H29N3OS. The van der Waals surface area contributed by atoms with E-state index < -0.39 is 0 Å². The molecular weight excluding hydrogens is 330 g/mol. The molecule has 5 heteroatoms. The van der Waals surface area contributed by atoms with Gasteiger partial charge in [0.2, 0.25) is 5.91 Å². The zero-order valence-electron chi connectivity index (χ0n) is 15.9. The van der Waals surface area contributed by atoms with Crippen LogP contribution in [0.25, 0.3) is 0 Å². The van der Waals surface area contributed by atoms with Gasteiger partial charge in [0.05, 0.1) is 10.9 Å². The maximum absolute atomic E-state index is 12.4. The van der Waals surface area contributed by atoms with E-state index in [1.165, 1.54) is 11.3 Å². The molecule has 25 heavy (non-hydrogen) atoms. The third-order valence-corrected chi connectivity index (χ3v) is 5.49. The SMILES string of the molecule is CCCCn1c(SC(C)C(=O)NCc2ccc(C)cc2)nc(C)c1C. The molecule has 2 aromatic rings. The second-order valence-corrected chi connectivity index (χ2v) is 7.84. The molecule has 1 atom stereocenters. The summed E-state index contributed by atoms with van der Waals surface area (Å²) in [6.45, 7) is 11.8. The number of unbranched alkanes of at least 4 members (excludes halogenated alkanes) is 1. The average molecular weight is 360 g/mol. The van der Waals surface area contributed by atoms with E-state index in [4.69, 9.17) is 0 Å². The number of hydrogen-bond acceptors (Lipinski definition) is 3. The van der Waals surface area contributed by atoms with Crippen molar-refractivity contribution in [3.8, 4) is 0 Å². The molecule has 136 valence electrons. The standard InChI is InChI=1S/C20H29N3OS/c1-6-7-12-23-16(4)15(3)22-20(23)25-17(5)19(24)21-13-18-10-8-14(2)9-11-18/h8-11,17H,6-7,12-13H2,1-5H3,(H,21,24). The third-order valence-electron chi connectivity index (χ3n) is 4.40. The predicted molar refractivity (Wildman–Crippen MR) is 105 cm³/mol. The van der Waals surface area contributed by atoms with E-state index in [1.54, 1.807) is 11.8 Å². The summed E-state index contributed by atoms with van der Waals surface area (Å²) in [6, 6.07) is 8.24. The van der Waals surface area contributed by atoms with E-state index in [2.05, 4.69) is 59.9 Å². The van der Waals surface area contributed by atoms with Gasteiger partial charge < -0.3 is 9.88 Å². The van der Waals surface area contributed by atoms with Crippen molar-refractivity contribution < 1.29 is 4.79 Å². The van der Waals surface area contributed by atoms with Crippen LogP contribution in [0.3, 0.4) is 0 Å². The van der Waals surface area contributed by atoms with Gasteiger partial charge in [-0.25, -0.2) is 4.98 Å². The smallest absolute Gasteiger partial charge is 0.233 e. The highest BCUT2D eigenvalue weighted by Gasteiger charge is 2.19. The van der Waals surface area contributed by atoms with Gasteiger partial charge in [0.15, 0.2) is 5.16 Å². The second-order valence-electron chi connectivity index (χ2n) is 6.53. The van der Waals surface area contributed by atoms with Gasteiger partial charge in [-0.3, -0.25) is 4.79 Å². The van der Waals surface area contributed by atoms with Crippen molar-refractivity contribution in [2.75, 3.05) is 0 Å². The number of nitrogens with zero attached hydrogens (tertiary/aromatic N) is 2. The van der Waals surface area contributed by atoms with Crippen LogP contribution in [0.15, 0.2) is 29.4 Å². The highest BCUT2D eigenvalue weighted by atomic mass is 32.2. The molecule has 0 saturated carbocycles. The molecule has 0 aliphatic rings. The molecule has 1 aromatic carbocycles. The Bertz CT molecular complexity index is 706. The number of hydrogen-bond donors (Lipinski definition) is 1. The molecule has 4 nitrogen and oxygen atoms in total. The van der Waals surface area contributed by atoms with Gasteiger partial charge in [0.1, 0.15) is 0 Å². The van der Waals surface area contributed by atoms with Crippen molar-refractivity contribution >= 4 is 17.7 Å². The summed E-state index contributed by atoms with van der Waals surface area (Å²) in [5.74, 6) is 0.0472. The highest BCUT2D eigenvalue weighted by molar-refractivity contribution is 8.00. The van der Waals surface area contributed by atoms with Crippen molar-refractivity contribution in [1.82, 2.24) is 14.9 Å². The van der Waals surface area contributed by atoms with Crippen LogP contribution in [0.4, 0.5) is 0 Å². The number of carbonyl (C=O) groups is 1. The van der Waals surface area contributed by atoms with Crippen LogP contribution < -0.4 is 5.32 Å². The number of aromatic nitrogens is 2. The summed E-state index contributed by atoms with van der Waals surface area (Å²) in [7, 11) is 0. The third kappa shape index (κ3) is 5.36. The number of carbonyl (C=O) groups excluding carboxylic acids is 1. The summed E-state index contributed by atoms with van der Waals surface area (Å²) in [5.41, 5.74) is 4.59. The quantitative estimate of drug-likeness (QED) is 0.710. The Kier molecular flexibility index (Phi) is 7.12. The fourth-order valence-corrected chi connectivity index (χ4v) is 3.60. The lowest BCUT2D eigenvalue weighted by atomic mass is 10.1. The molecule has 1 aromatic heterocycles. The van der Waals surface area contributed by atoms with E-state index >= 15 is 0 Å². The molecule has 1 N–H and O–H groups in total. The van der Waals surface area contributed by atoms with Crippen LogP contribution in [0.5, 0.6) is 0 Å². The number of benzene rings is 1. The second kappa shape index (κ2) is 9.09. The van der Waals surface area contributed by atoms with Crippen molar-refractivity contribution in [2.45, 2.75) is 71.0 Å². The van der Waals surface area contributed by atoms with Crippen LogP contribution >= 0.6 is 11.8 Å². The molecule has 0 aliphatic heterocycles. The Balaban J connectivity index is 1.96. The van der Waals surface area contributed by atoms with Crippen LogP contribution in [-0.4, -0.2) is 20.7 Å². The van der Waals surface area contributed by atoms with Gasteiger partial charge in [-0.2, -0.15) is 0 Å². The van der Waals surface area contributed by atoms with Gasteiger partial charge in [-0.1, -0.05) is 54.9 Å². The molecule has 0 aliphatic carbocycles. The van der Waals surface area contributed by atoms with Crippen LogP contribution in [0.1, 0.15) is 49.2 Å². The number of aryl methyl sites for hydroxylation is 2. The van der Waals surface area contributed by atoms with Gasteiger partial charge >= 0.3 is 0 Å². The first kappa shape index (κ1) is 19.6. The Morgan fingerprint density at radius 1 is 1.24 bits per heavy atom. The summed E-state index contributed by atoms with van der Waals surface area (Å²) < 4.78 is 2.24. The molecule has 0 fully saturated rings. The molecule has 0 saturated heterocycles. The van der Waals surface area contributed by atoms with Crippen molar-refractivity contribution in [1.29, 1.82) is 0 Å². The molecule has 0 spiro atoms. The first-order chi connectivity index (χ1) is 11.9. The lowest BCUT2D eigenvalue weighted by molar-refractivity contribution is -0.120. The minimum absolute atomic E-state index is 0.0472.